The van der Waals surface area contributed by atoms with Crippen molar-refractivity contribution >= 4 is 24.2 Å². The van der Waals surface area contributed by atoms with Gasteiger partial charge in [-0.3, -0.25) is 4.79 Å². The van der Waals surface area contributed by atoms with Gasteiger partial charge in [-0.1, -0.05) is 19.8 Å². The van der Waals surface area contributed by atoms with Crippen LogP contribution in [0.5, 0.6) is 0 Å². The first-order valence-corrected chi connectivity index (χ1v) is 8.38. The number of nitrogens with two attached hydrogens (primary N) is 1. The highest BCUT2D eigenvalue weighted by Crippen LogP contribution is 2.32. The maximum Gasteiger partial charge on any atom is 0.331 e. The van der Waals surface area contributed by atoms with E-state index in [9.17, 15) is 14.4 Å². The van der Waals surface area contributed by atoms with E-state index in [0.717, 1.165) is 25.0 Å². The first kappa shape index (κ1) is 19.6. The third-order valence-electron chi connectivity index (χ3n) is 4.07. The van der Waals surface area contributed by atoms with Crippen molar-refractivity contribution in [3.05, 3.63) is 24.4 Å². The van der Waals surface area contributed by atoms with Gasteiger partial charge in [0.25, 0.3) is 0 Å². The Balaban J connectivity index is 2.23. The molecule has 1 fully saturated rings. The average molecular weight is 365 g/mol. The van der Waals surface area contributed by atoms with Crippen molar-refractivity contribution in [2.45, 2.75) is 50.7 Å². The molecule has 2 rings (SSSR count). The smallest absolute Gasteiger partial charge is 0.331 e. The summed E-state index contributed by atoms with van der Waals surface area (Å²) in [6, 6.07) is 0. The third-order valence-corrected chi connectivity index (χ3v) is 4.07. The van der Waals surface area contributed by atoms with Crippen molar-refractivity contribution in [2.24, 2.45) is 10.7 Å². The zero-order valence-electron chi connectivity index (χ0n) is 14.7. The van der Waals surface area contributed by atoms with E-state index in [1.165, 1.54) is 6.08 Å². The molecule has 9 heteroatoms. The Morgan fingerprint density at radius 3 is 2.54 bits per heavy atom. The molecular weight excluding hydrogens is 342 g/mol. The van der Waals surface area contributed by atoms with Crippen molar-refractivity contribution < 1.29 is 28.6 Å². The Bertz CT molecular complexity index is 630. The van der Waals surface area contributed by atoms with Crippen LogP contribution in [-0.4, -0.2) is 60.7 Å². The molecule has 0 bridgehead atoms. The fourth-order valence-electron chi connectivity index (χ4n) is 2.81. The monoisotopic (exact) mass is 365 g/mol. The highest BCUT2D eigenvalue weighted by molar-refractivity contribution is 5.95. The predicted molar refractivity (Wildman–Crippen MR) is 91.7 cm³/mol. The van der Waals surface area contributed by atoms with Crippen LogP contribution in [0.1, 0.15) is 26.2 Å². The quantitative estimate of drug-likeness (QED) is 0.295. The number of hydrogen-bond acceptors (Lipinski definition) is 7. The second-order valence-electron chi connectivity index (χ2n) is 5.98. The minimum absolute atomic E-state index is 0.0213. The van der Waals surface area contributed by atoms with Crippen LogP contribution in [-0.2, 0) is 28.6 Å². The van der Waals surface area contributed by atoms with Crippen LogP contribution >= 0.6 is 0 Å². The number of amidine groups is 1. The van der Waals surface area contributed by atoms with Crippen LogP contribution in [0.4, 0.5) is 0 Å². The number of rotatable bonds is 7. The number of nitrogens with zero attached hydrogens (tertiary/aromatic N) is 2. The van der Waals surface area contributed by atoms with Crippen molar-refractivity contribution in [3.63, 3.8) is 0 Å². The van der Waals surface area contributed by atoms with E-state index < -0.39 is 36.5 Å². The summed E-state index contributed by atoms with van der Waals surface area (Å²) in [5, 5.41) is 0. The number of esters is 2. The molecule has 2 aliphatic rings. The molecule has 3 unspecified atom stereocenters. The summed E-state index contributed by atoms with van der Waals surface area (Å²) in [7, 11) is 1.69. The van der Waals surface area contributed by atoms with Gasteiger partial charge in [-0.25, -0.2) is 9.59 Å². The lowest BCUT2D eigenvalue weighted by Crippen LogP contribution is -2.45. The molecule has 2 aliphatic heterocycles. The summed E-state index contributed by atoms with van der Waals surface area (Å²) < 4.78 is 16.9. The fraction of sp³-hybridized carbons (Fsp3) is 0.529. The number of unbranched alkanes of at least 4 members (excludes halogenated alkanes) is 1. The van der Waals surface area contributed by atoms with E-state index in [2.05, 4.69) is 4.99 Å². The lowest BCUT2D eigenvalue weighted by molar-refractivity contribution is -0.164. The molecule has 142 valence electrons. The Morgan fingerprint density at radius 1 is 1.27 bits per heavy atom. The summed E-state index contributed by atoms with van der Waals surface area (Å²) in [5.74, 6) is -1.23. The molecule has 9 nitrogen and oxygen atoms in total. The summed E-state index contributed by atoms with van der Waals surface area (Å²) in [6.07, 6.45) is 5.30. The molecule has 1 saturated heterocycles. The SMILES string of the molecule is CCCCC1OC(N(C)/C=C\C(N)=NC=O)[C@H]2OC(=O)/C=C\C(=O)OC12. The fourth-order valence-corrected chi connectivity index (χ4v) is 2.81. The van der Waals surface area contributed by atoms with E-state index in [1.807, 2.05) is 6.92 Å². The second kappa shape index (κ2) is 9.14. The third kappa shape index (κ3) is 4.92. The lowest BCUT2D eigenvalue weighted by atomic mass is 10.0. The topological polar surface area (TPSA) is 121 Å². The van der Waals surface area contributed by atoms with Crippen molar-refractivity contribution in [3.8, 4) is 0 Å². The lowest BCUT2D eigenvalue weighted by Gasteiger charge is -2.28. The second-order valence-corrected chi connectivity index (χ2v) is 5.98. The normalized spacial score (nSPS) is 30.2. The van der Waals surface area contributed by atoms with E-state index in [1.54, 1.807) is 18.1 Å². The highest BCUT2D eigenvalue weighted by Gasteiger charge is 2.50. The standard InChI is InChI=1S/C17H23N3O6/c1-3-4-5-11-15-16(26-14(23)7-6-13(22)25-15)17(24-11)20(2)9-8-12(18)19-10-21/h6-11,15-17H,3-5H2,1-2H3,(H2,18,19,21)/b7-6-,9-8-/t11?,15?,16-,17?/m0/s1. The number of ether oxygens (including phenoxy) is 3. The van der Waals surface area contributed by atoms with Crippen LogP contribution in [0.3, 0.4) is 0 Å². The minimum Gasteiger partial charge on any atom is -0.452 e. The molecule has 0 saturated carbocycles. The summed E-state index contributed by atoms with van der Waals surface area (Å²) >= 11 is 0. The Morgan fingerprint density at radius 2 is 1.92 bits per heavy atom. The van der Waals surface area contributed by atoms with Gasteiger partial charge >= 0.3 is 11.9 Å². The van der Waals surface area contributed by atoms with E-state index in [4.69, 9.17) is 19.9 Å². The number of amides is 1. The number of fused-ring (bicyclic) bond motifs is 1. The molecule has 0 radical (unpaired) electrons. The molecule has 1 amide bonds. The van der Waals surface area contributed by atoms with Crippen molar-refractivity contribution in [1.29, 1.82) is 0 Å². The number of carbonyl (C=O) groups excluding carboxylic acids is 3. The first-order valence-electron chi connectivity index (χ1n) is 8.38. The summed E-state index contributed by atoms with van der Waals surface area (Å²) in [6.45, 7) is 2.04. The average Bonchev–Trinajstić information content (AvgIpc) is 2.92. The molecule has 4 atom stereocenters. The number of carbonyl (C=O) groups is 3. The first-order chi connectivity index (χ1) is 12.5. The van der Waals surface area contributed by atoms with Gasteiger partial charge in [-0.2, -0.15) is 4.99 Å². The molecule has 26 heavy (non-hydrogen) atoms. The molecule has 2 heterocycles. The van der Waals surface area contributed by atoms with Gasteiger partial charge < -0.3 is 24.8 Å². The van der Waals surface area contributed by atoms with E-state index in [0.29, 0.717) is 12.8 Å². The van der Waals surface area contributed by atoms with Crippen molar-refractivity contribution in [1.82, 2.24) is 4.90 Å². The Kier molecular flexibility index (Phi) is 6.90. The largest absolute Gasteiger partial charge is 0.452 e. The van der Waals surface area contributed by atoms with Gasteiger partial charge in [-0.15, -0.1) is 0 Å². The molecule has 0 spiro atoms. The van der Waals surface area contributed by atoms with Crippen LogP contribution < -0.4 is 5.73 Å². The number of likely N-dealkylation sites (N-methyl/N-ethyl adjacent to an activating group) is 1. The Labute approximate surface area is 151 Å². The molecule has 0 aromatic carbocycles. The highest BCUT2D eigenvalue weighted by atomic mass is 16.6. The zero-order valence-corrected chi connectivity index (χ0v) is 14.7. The van der Waals surface area contributed by atoms with Gasteiger partial charge in [0.15, 0.2) is 18.4 Å². The molecule has 0 aromatic heterocycles. The number of hydrogen-bond donors (Lipinski definition) is 1. The summed E-state index contributed by atoms with van der Waals surface area (Å²) in [5.41, 5.74) is 5.54. The Hall–Kier alpha value is -2.68. The van der Waals surface area contributed by atoms with Crippen LogP contribution in [0, 0.1) is 0 Å². The van der Waals surface area contributed by atoms with Crippen LogP contribution in [0.15, 0.2) is 29.4 Å². The van der Waals surface area contributed by atoms with Crippen LogP contribution in [0.2, 0.25) is 0 Å². The molecule has 0 aromatic rings. The molecule has 0 aliphatic carbocycles. The van der Waals surface area contributed by atoms with E-state index >= 15 is 0 Å². The zero-order chi connectivity index (χ0) is 19.1. The minimum atomic E-state index is -0.794. The van der Waals surface area contributed by atoms with Gasteiger partial charge in [0.2, 0.25) is 6.41 Å². The van der Waals surface area contributed by atoms with E-state index in [-0.39, 0.29) is 5.84 Å². The van der Waals surface area contributed by atoms with Gasteiger partial charge in [0, 0.05) is 25.4 Å². The maximum atomic E-state index is 11.9. The van der Waals surface area contributed by atoms with Crippen molar-refractivity contribution in [2.75, 3.05) is 7.05 Å². The predicted octanol–water partition coefficient (Wildman–Crippen LogP) is 0.254. The van der Waals surface area contributed by atoms with Gasteiger partial charge in [0.05, 0.1) is 0 Å². The molecular formula is C17H23N3O6. The van der Waals surface area contributed by atoms with Crippen LogP contribution in [0.25, 0.3) is 0 Å². The van der Waals surface area contributed by atoms with Gasteiger partial charge in [-0.05, 0) is 12.5 Å². The molecule has 2 N–H and O–H groups in total. The summed E-state index contributed by atoms with van der Waals surface area (Å²) in [4.78, 5) is 39.1. The number of aliphatic imine (C=N–C) groups is 1. The van der Waals surface area contributed by atoms with Gasteiger partial charge in [0.1, 0.15) is 11.9 Å². The maximum absolute atomic E-state index is 11.9.